The first-order valence-electron chi connectivity index (χ1n) is 4.82. The second-order valence-corrected chi connectivity index (χ2v) is 4.70. The van der Waals surface area contributed by atoms with E-state index in [2.05, 4.69) is 0 Å². The number of carbonyl (C=O) groups is 1. The van der Waals surface area contributed by atoms with Gasteiger partial charge < -0.3 is 9.47 Å². The second-order valence-electron chi connectivity index (χ2n) is 3.45. The molecule has 0 N–H and O–H groups in total. The molecule has 1 aromatic heterocycles. The average molecular weight is 236 g/mol. The zero-order valence-electron chi connectivity index (χ0n) is 9.37. The Kier molecular flexibility index (Phi) is 2.83. The van der Waals surface area contributed by atoms with Gasteiger partial charge >= 0.3 is 5.97 Å². The van der Waals surface area contributed by atoms with Crippen molar-refractivity contribution in [2.75, 3.05) is 14.2 Å². The van der Waals surface area contributed by atoms with Gasteiger partial charge in [-0.25, -0.2) is 4.79 Å². The minimum absolute atomic E-state index is 0.343. The zero-order chi connectivity index (χ0) is 11.7. The van der Waals surface area contributed by atoms with Crippen LogP contribution in [-0.4, -0.2) is 20.2 Å². The number of ether oxygens (including phenoxy) is 2. The van der Waals surface area contributed by atoms with E-state index >= 15 is 0 Å². The van der Waals surface area contributed by atoms with E-state index in [9.17, 15) is 4.79 Å². The fourth-order valence-electron chi connectivity index (χ4n) is 1.64. The average Bonchev–Trinajstić information content (AvgIpc) is 2.66. The van der Waals surface area contributed by atoms with Crippen LogP contribution in [0.3, 0.4) is 0 Å². The molecule has 0 fully saturated rings. The van der Waals surface area contributed by atoms with E-state index in [1.807, 2.05) is 19.1 Å². The van der Waals surface area contributed by atoms with E-state index in [-0.39, 0.29) is 5.97 Å². The van der Waals surface area contributed by atoms with Gasteiger partial charge in [-0.2, -0.15) is 0 Å². The van der Waals surface area contributed by atoms with Crippen molar-refractivity contribution in [3.05, 3.63) is 28.6 Å². The SMILES string of the molecule is COC(=O)c1cc(OC)c2sc(C)cc2c1. The third kappa shape index (κ3) is 1.76. The Morgan fingerprint density at radius 1 is 1.25 bits per heavy atom. The van der Waals surface area contributed by atoms with Crippen LogP contribution in [0, 0.1) is 6.92 Å². The number of benzene rings is 1. The normalized spacial score (nSPS) is 10.4. The highest BCUT2D eigenvalue weighted by Crippen LogP contribution is 2.34. The van der Waals surface area contributed by atoms with Crippen LogP contribution in [0.5, 0.6) is 5.75 Å². The van der Waals surface area contributed by atoms with Crippen molar-refractivity contribution < 1.29 is 14.3 Å². The van der Waals surface area contributed by atoms with E-state index < -0.39 is 0 Å². The molecule has 84 valence electrons. The molecule has 0 atom stereocenters. The molecule has 0 aliphatic heterocycles. The van der Waals surface area contributed by atoms with E-state index in [1.165, 1.54) is 12.0 Å². The van der Waals surface area contributed by atoms with Gasteiger partial charge in [0.1, 0.15) is 5.75 Å². The maximum atomic E-state index is 11.5. The molecule has 2 aromatic rings. The highest BCUT2D eigenvalue weighted by atomic mass is 32.1. The molecule has 16 heavy (non-hydrogen) atoms. The van der Waals surface area contributed by atoms with Crippen molar-refractivity contribution in [3.63, 3.8) is 0 Å². The fourth-order valence-corrected chi connectivity index (χ4v) is 2.62. The molecule has 0 amide bonds. The van der Waals surface area contributed by atoms with Crippen LogP contribution in [0.2, 0.25) is 0 Å². The minimum Gasteiger partial charge on any atom is -0.495 e. The van der Waals surface area contributed by atoms with E-state index in [4.69, 9.17) is 9.47 Å². The topological polar surface area (TPSA) is 35.5 Å². The summed E-state index contributed by atoms with van der Waals surface area (Å²) in [4.78, 5) is 12.6. The molecule has 1 aromatic carbocycles. The lowest BCUT2D eigenvalue weighted by Gasteiger charge is -2.04. The van der Waals surface area contributed by atoms with Crippen LogP contribution in [0.1, 0.15) is 15.2 Å². The molecule has 0 aliphatic carbocycles. The quantitative estimate of drug-likeness (QED) is 0.752. The van der Waals surface area contributed by atoms with Crippen molar-refractivity contribution in [2.45, 2.75) is 6.92 Å². The van der Waals surface area contributed by atoms with Crippen LogP contribution in [-0.2, 0) is 4.74 Å². The van der Waals surface area contributed by atoms with E-state index in [0.29, 0.717) is 5.56 Å². The highest BCUT2D eigenvalue weighted by Gasteiger charge is 2.12. The molecule has 0 aliphatic rings. The van der Waals surface area contributed by atoms with Gasteiger partial charge in [0, 0.05) is 4.88 Å². The lowest BCUT2D eigenvalue weighted by atomic mass is 10.1. The first-order chi connectivity index (χ1) is 7.65. The van der Waals surface area contributed by atoms with Gasteiger partial charge in [0.25, 0.3) is 0 Å². The standard InChI is InChI=1S/C12H12O3S/c1-7-4-8-5-9(12(13)15-3)6-10(14-2)11(8)16-7/h4-6H,1-3H3. The number of rotatable bonds is 2. The van der Waals surface area contributed by atoms with Crippen molar-refractivity contribution in [1.82, 2.24) is 0 Å². The Morgan fingerprint density at radius 3 is 2.62 bits per heavy atom. The van der Waals surface area contributed by atoms with Crippen molar-refractivity contribution in [3.8, 4) is 5.75 Å². The molecule has 0 saturated carbocycles. The molecule has 1 heterocycles. The van der Waals surface area contributed by atoms with Crippen LogP contribution in [0.4, 0.5) is 0 Å². The van der Waals surface area contributed by atoms with E-state index in [0.717, 1.165) is 15.8 Å². The Balaban J connectivity index is 2.67. The third-order valence-corrected chi connectivity index (χ3v) is 3.43. The Labute approximate surface area is 97.6 Å². The number of fused-ring (bicyclic) bond motifs is 1. The van der Waals surface area contributed by atoms with Gasteiger partial charge in [-0.3, -0.25) is 0 Å². The summed E-state index contributed by atoms with van der Waals surface area (Å²) in [5, 5.41) is 1.02. The summed E-state index contributed by atoms with van der Waals surface area (Å²) < 4.78 is 11.0. The summed E-state index contributed by atoms with van der Waals surface area (Å²) in [5.41, 5.74) is 0.518. The van der Waals surface area contributed by atoms with Crippen LogP contribution >= 0.6 is 11.3 Å². The molecule has 0 radical (unpaired) electrons. The van der Waals surface area contributed by atoms with Crippen LogP contribution in [0.15, 0.2) is 18.2 Å². The van der Waals surface area contributed by atoms with Gasteiger partial charge in [0.05, 0.1) is 24.5 Å². The van der Waals surface area contributed by atoms with Crippen molar-refractivity contribution in [2.24, 2.45) is 0 Å². The van der Waals surface area contributed by atoms with Crippen molar-refractivity contribution in [1.29, 1.82) is 0 Å². The second kappa shape index (κ2) is 4.14. The Morgan fingerprint density at radius 2 is 2.00 bits per heavy atom. The monoisotopic (exact) mass is 236 g/mol. The van der Waals surface area contributed by atoms with Crippen LogP contribution in [0.25, 0.3) is 10.1 Å². The summed E-state index contributed by atoms with van der Waals surface area (Å²) >= 11 is 1.65. The lowest BCUT2D eigenvalue weighted by Crippen LogP contribution is -2.01. The number of aryl methyl sites for hydroxylation is 1. The highest BCUT2D eigenvalue weighted by molar-refractivity contribution is 7.19. The predicted octanol–water partition coefficient (Wildman–Crippen LogP) is 3.00. The van der Waals surface area contributed by atoms with Crippen molar-refractivity contribution >= 4 is 27.4 Å². The van der Waals surface area contributed by atoms with Gasteiger partial charge in [0.2, 0.25) is 0 Å². The number of hydrogen-bond donors (Lipinski definition) is 0. The lowest BCUT2D eigenvalue weighted by molar-refractivity contribution is 0.0600. The molecule has 0 bridgehead atoms. The number of methoxy groups -OCH3 is 2. The summed E-state index contributed by atoms with van der Waals surface area (Å²) in [7, 11) is 2.97. The number of thiophene rings is 1. The smallest absolute Gasteiger partial charge is 0.338 e. The third-order valence-electron chi connectivity index (χ3n) is 2.35. The molecule has 0 spiro atoms. The Hall–Kier alpha value is -1.55. The Bertz CT molecular complexity index is 542. The molecular weight excluding hydrogens is 224 g/mol. The summed E-state index contributed by atoms with van der Waals surface area (Å²) in [5.74, 6) is 0.375. The summed E-state index contributed by atoms with van der Waals surface area (Å²) in [6.07, 6.45) is 0. The molecule has 4 heteroatoms. The predicted molar refractivity (Wildman–Crippen MR) is 64.5 cm³/mol. The number of esters is 1. The van der Waals surface area contributed by atoms with Gasteiger partial charge in [0.15, 0.2) is 0 Å². The molecule has 2 rings (SSSR count). The van der Waals surface area contributed by atoms with Gasteiger partial charge in [-0.15, -0.1) is 11.3 Å². The van der Waals surface area contributed by atoms with Gasteiger partial charge in [-0.1, -0.05) is 0 Å². The molecular formula is C12H12O3S. The maximum Gasteiger partial charge on any atom is 0.338 e. The van der Waals surface area contributed by atoms with Crippen LogP contribution < -0.4 is 4.74 Å². The summed E-state index contributed by atoms with van der Waals surface area (Å²) in [6.45, 7) is 2.03. The fraction of sp³-hybridized carbons (Fsp3) is 0.250. The number of hydrogen-bond acceptors (Lipinski definition) is 4. The number of carbonyl (C=O) groups excluding carboxylic acids is 1. The minimum atomic E-state index is -0.343. The first-order valence-corrected chi connectivity index (χ1v) is 5.64. The molecule has 0 unspecified atom stereocenters. The summed E-state index contributed by atoms with van der Waals surface area (Å²) in [6, 6.07) is 5.58. The first kappa shape index (κ1) is 11.0. The van der Waals surface area contributed by atoms with Gasteiger partial charge in [-0.05, 0) is 30.5 Å². The molecule has 3 nitrogen and oxygen atoms in total. The zero-order valence-corrected chi connectivity index (χ0v) is 10.2. The van der Waals surface area contributed by atoms with E-state index in [1.54, 1.807) is 24.5 Å². The largest absolute Gasteiger partial charge is 0.495 e. The maximum absolute atomic E-state index is 11.5. The molecule has 0 saturated heterocycles.